The first kappa shape index (κ1) is 13.0. The van der Waals surface area contributed by atoms with Gasteiger partial charge < -0.3 is 6.92 Å². The van der Waals surface area contributed by atoms with Crippen LogP contribution in [-0.2, 0) is 32.7 Å². The van der Waals surface area contributed by atoms with Gasteiger partial charge in [-0.2, -0.15) is 42.8 Å². The van der Waals surface area contributed by atoms with Crippen molar-refractivity contribution in [3.63, 3.8) is 0 Å². The molecule has 0 fully saturated rings. The maximum absolute atomic E-state index is 3.25. The van der Waals surface area contributed by atoms with E-state index in [1.807, 2.05) is 24.3 Å². The van der Waals surface area contributed by atoms with Gasteiger partial charge in [0, 0.05) is 0 Å². The first-order chi connectivity index (χ1) is 4.39. The molecule has 1 aromatic rings. The average molecular weight is 209 g/mol. The number of benzene rings is 1. The number of hydrogen-bond acceptors (Lipinski definition) is 0. The molecule has 1 aromatic carbocycles. The Bertz CT molecular complexity index is 135. The van der Waals surface area contributed by atoms with Gasteiger partial charge in [0.2, 0.25) is 0 Å². The molecule has 0 bridgehead atoms. The van der Waals surface area contributed by atoms with Crippen LogP contribution in [0.25, 0.3) is 0 Å². The molecular weight excluding hydrogens is 197 g/mol. The second kappa shape index (κ2) is 9.32. The van der Waals surface area contributed by atoms with E-state index >= 15 is 0 Å². The molecule has 1 rings (SSSR count). The maximum Gasteiger partial charge on any atom is 3.00 e. The van der Waals surface area contributed by atoms with Crippen LogP contribution in [0.15, 0.2) is 24.3 Å². The van der Waals surface area contributed by atoms with Crippen LogP contribution in [-0.4, -0.2) is 0 Å². The van der Waals surface area contributed by atoms with Crippen molar-refractivity contribution in [2.75, 3.05) is 0 Å². The van der Waals surface area contributed by atoms with E-state index in [9.17, 15) is 0 Å². The van der Waals surface area contributed by atoms with E-state index in [1.54, 1.807) is 6.92 Å². The third-order valence-corrected chi connectivity index (χ3v) is 0.885. The first-order valence-corrected chi connectivity index (χ1v) is 3.03. The second-order valence-electron chi connectivity index (χ2n) is 1.58. The van der Waals surface area contributed by atoms with Gasteiger partial charge in [-0.15, -0.1) is 0 Å². The maximum atomic E-state index is 3.25. The van der Waals surface area contributed by atoms with Crippen LogP contribution in [0.1, 0.15) is 12.5 Å². The Kier molecular flexibility index (Phi) is 12.1. The van der Waals surface area contributed by atoms with Crippen molar-refractivity contribution in [3.05, 3.63) is 42.8 Å². The molecule has 50 valence electrons. The molecule has 0 heterocycles. The van der Waals surface area contributed by atoms with Crippen LogP contribution >= 0.6 is 0 Å². The molecule has 1 heteroatoms. The summed E-state index contributed by atoms with van der Waals surface area (Å²) in [5, 5.41) is 0. The van der Waals surface area contributed by atoms with E-state index in [2.05, 4.69) is 19.9 Å². The van der Waals surface area contributed by atoms with Gasteiger partial charge in [-0.05, 0) is 0 Å². The Hall–Kier alpha value is 0.324. The van der Waals surface area contributed by atoms with E-state index < -0.39 is 0 Å². The summed E-state index contributed by atoms with van der Waals surface area (Å²) >= 11 is 0. The van der Waals surface area contributed by atoms with Crippen LogP contribution < -0.4 is 0 Å². The topological polar surface area (TPSA) is 0 Å². The third kappa shape index (κ3) is 6.44. The fourth-order valence-electron chi connectivity index (χ4n) is 0.470. The summed E-state index contributed by atoms with van der Waals surface area (Å²) in [5.41, 5.74) is 1.29. The standard InChI is InChI=1S/C7H7.C2H5.Y/c1-7-5-3-2-4-6-7;1-2;/h3-6H,1H3;1H2,2H3;/q2*-1;+3. The Balaban J connectivity index is 0. The molecule has 0 radical (unpaired) electrons. The van der Waals surface area contributed by atoms with Gasteiger partial charge in [0.15, 0.2) is 0 Å². The molecule has 0 aromatic heterocycles. The molecule has 0 atom stereocenters. The van der Waals surface area contributed by atoms with Crippen molar-refractivity contribution in [2.24, 2.45) is 0 Å². The predicted molar refractivity (Wildman–Crippen MR) is 41.0 cm³/mol. The van der Waals surface area contributed by atoms with E-state index in [0.29, 0.717) is 0 Å². The van der Waals surface area contributed by atoms with Crippen LogP contribution in [0, 0.1) is 19.9 Å². The monoisotopic (exact) mass is 209 g/mol. The minimum Gasteiger partial charge on any atom is -0.346 e. The van der Waals surface area contributed by atoms with E-state index in [1.165, 1.54) is 5.56 Å². The SMILES string of the molecule is Cc1cc[c-]cc1.[CH2-]C.[Y+3]. The van der Waals surface area contributed by atoms with Crippen molar-refractivity contribution in [2.45, 2.75) is 13.8 Å². The molecular formula is C9H12Y+. The fraction of sp³-hybridized carbons (Fsp3) is 0.222. The van der Waals surface area contributed by atoms with Gasteiger partial charge in [-0.25, -0.2) is 0 Å². The Morgan fingerprint density at radius 2 is 1.60 bits per heavy atom. The van der Waals surface area contributed by atoms with Crippen molar-refractivity contribution in [1.29, 1.82) is 0 Å². The minimum atomic E-state index is 0. The zero-order valence-corrected chi connectivity index (χ0v) is 9.43. The predicted octanol–water partition coefficient (Wildman–Crippen LogP) is 2.63. The molecule has 0 unspecified atom stereocenters. The zero-order chi connectivity index (χ0) is 7.11. The minimum absolute atomic E-state index is 0. The van der Waals surface area contributed by atoms with Crippen LogP contribution in [0.5, 0.6) is 0 Å². The Morgan fingerprint density at radius 3 is 1.80 bits per heavy atom. The second-order valence-corrected chi connectivity index (χ2v) is 1.58. The van der Waals surface area contributed by atoms with Gasteiger partial charge in [0.05, 0.1) is 0 Å². The Labute approximate surface area is 88.9 Å². The van der Waals surface area contributed by atoms with Crippen LogP contribution in [0.2, 0.25) is 0 Å². The summed E-state index contributed by atoms with van der Waals surface area (Å²) in [6, 6.07) is 10.8. The van der Waals surface area contributed by atoms with E-state index in [0.717, 1.165) is 0 Å². The molecule has 0 saturated carbocycles. The van der Waals surface area contributed by atoms with Crippen molar-refractivity contribution < 1.29 is 32.7 Å². The van der Waals surface area contributed by atoms with E-state index in [4.69, 9.17) is 0 Å². The van der Waals surface area contributed by atoms with Gasteiger partial charge in [0.25, 0.3) is 0 Å². The fourth-order valence-corrected chi connectivity index (χ4v) is 0.470. The number of hydrogen-bond donors (Lipinski definition) is 0. The summed E-state index contributed by atoms with van der Waals surface area (Å²) in [4.78, 5) is 0. The summed E-state index contributed by atoms with van der Waals surface area (Å²) < 4.78 is 0. The number of rotatable bonds is 0. The molecule has 10 heavy (non-hydrogen) atoms. The molecule has 0 saturated heterocycles. The third-order valence-electron chi connectivity index (χ3n) is 0.885. The van der Waals surface area contributed by atoms with Gasteiger partial charge in [0.1, 0.15) is 0 Å². The zero-order valence-electron chi connectivity index (χ0n) is 6.59. The molecule has 0 aliphatic carbocycles. The molecule has 0 amide bonds. The normalized spacial score (nSPS) is 6.70. The summed E-state index contributed by atoms with van der Waals surface area (Å²) in [6.45, 7) is 7.06. The van der Waals surface area contributed by atoms with Gasteiger partial charge in [-0.3, -0.25) is 0 Å². The van der Waals surface area contributed by atoms with Crippen molar-refractivity contribution >= 4 is 0 Å². The number of aryl methyl sites for hydroxylation is 1. The molecule has 0 N–H and O–H groups in total. The van der Waals surface area contributed by atoms with Gasteiger partial charge >= 0.3 is 32.7 Å². The molecule has 0 spiro atoms. The Morgan fingerprint density at radius 1 is 1.20 bits per heavy atom. The summed E-state index contributed by atoms with van der Waals surface area (Å²) in [6.07, 6.45) is 0. The smallest absolute Gasteiger partial charge is 0.346 e. The largest absolute Gasteiger partial charge is 3.00 e. The first-order valence-electron chi connectivity index (χ1n) is 3.03. The quantitative estimate of drug-likeness (QED) is 0.576. The van der Waals surface area contributed by atoms with Crippen molar-refractivity contribution in [1.82, 2.24) is 0 Å². The molecule has 0 aliphatic heterocycles. The van der Waals surface area contributed by atoms with E-state index in [-0.39, 0.29) is 32.7 Å². The average Bonchev–Trinajstić information content (AvgIpc) is 1.94. The van der Waals surface area contributed by atoms with Gasteiger partial charge in [-0.1, -0.05) is 6.92 Å². The molecule has 0 nitrogen and oxygen atoms in total. The van der Waals surface area contributed by atoms with Crippen LogP contribution in [0.4, 0.5) is 0 Å². The molecule has 0 aliphatic rings. The summed E-state index contributed by atoms with van der Waals surface area (Å²) in [7, 11) is 0. The summed E-state index contributed by atoms with van der Waals surface area (Å²) in [5.74, 6) is 0. The van der Waals surface area contributed by atoms with Crippen molar-refractivity contribution in [3.8, 4) is 0 Å². The van der Waals surface area contributed by atoms with Crippen LogP contribution in [0.3, 0.4) is 0 Å².